The Kier molecular flexibility index (Phi) is 5.45. The van der Waals surface area contributed by atoms with E-state index in [0.29, 0.717) is 36.3 Å². The van der Waals surface area contributed by atoms with Crippen molar-refractivity contribution in [2.45, 2.75) is 30.6 Å². The molecule has 0 aliphatic heterocycles. The zero-order valence-electron chi connectivity index (χ0n) is 14.1. The summed E-state index contributed by atoms with van der Waals surface area (Å²) in [6, 6.07) is 13.8. The summed E-state index contributed by atoms with van der Waals surface area (Å²) in [5, 5.41) is 9.22. The third-order valence-corrected chi connectivity index (χ3v) is 6.94. The van der Waals surface area contributed by atoms with E-state index in [1.54, 1.807) is 36.4 Å². The summed E-state index contributed by atoms with van der Waals surface area (Å²) in [5.41, 5.74) is 2.09. The van der Waals surface area contributed by atoms with Gasteiger partial charge in [-0.25, -0.2) is 8.42 Å². The van der Waals surface area contributed by atoms with Crippen LogP contribution in [-0.4, -0.2) is 20.0 Å². The Hall–Kier alpha value is -2.16. The number of benzene rings is 2. The van der Waals surface area contributed by atoms with Gasteiger partial charge in [0, 0.05) is 23.4 Å². The maximum Gasteiger partial charge on any atom is 0.178 e. The third-order valence-electron chi connectivity index (χ3n) is 4.74. The fraction of sp³-hybridized carbons (Fsp3) is 0.300. The molecule has 0 heterocycles. The predicted octanol–water partition coefficient (Wildman–Crippen LogP) is 4.41. The quantitative estimate of drug-likeness (QED) is 0.778. The van der Waals surface area contributed by atoms with E-state index in [2.05, 4.69) is 6.07 Å². The van der Waals surface area contributed by atoms with E-state index in [0.717, 1.165) is 11.1 Å². The van der Waals surface area contributed by atoms with Gasteiger partial charge in [-0.2, -0.15) is 5.26 Å². The first kappa shape index (κ1) is 18.6. The van der Waals surface area contributed by atoms with E-state index >= 15 is 0 Å². The van der Waals surface area contributed by atoms with Crippen LogP contribution in [0, 0.1) is 17.2 Å². The maximum atomic E-state index is 12.7. The minimum absolute atomic E-state index is 0.0229. The highest BCUT2D eigenvalue weighted by molar-refractivity contribution is 7.91. The average Bonchev–Trinajstić information content (AvgIpc) is 2.63. The molecule has 0 aromatic heterocycles. The lowest BCUT2D eigenvalue weighted by molar-refractivity contribution is -0.120. The van der Waals surface area contributed by atoms with Crippen LogP contribution in [0.2, 0.25) is 5.02 Å². The average molecular weight is 388 g/mol. The van der Waals surface area contributed by atoms with Gasteiger partial charge < -0.3 is 0 Å². The summed E-state index contributed by atoms with van der Waals surface area (Å²) < 4.78 is 25.4. The van der Waals surface area contributed by atoms with Crippen LogP contribution in [0.15, 0.2) is 47.4 Å². The number of hydrogen-bond acceptors (Lipinski definition) is 4. The Balaban J connectivity index is 1.81. The monoisotopic (exact) mass is 387 g/mol. The number of ketones is 1. The molecule has 0 unspecified atom stereocenters. The van der Waals surface area contributed by atoms with Gasteiger partial charge in [0.1, 0.15) is 5.78 Å². The predicted molar refractivity (Wildman–Crippen MR) is 101 cm³/mol. The summed E-state index contributed by atoms with van der Waals surface area (Å²) in [6.45, 7) is 0. The second kappa shape index (κ2) is 7.61. The third kappa shape index (κ3) is 4.14. The molecule has 0 atom stereocenters. The number of hydrogen-bond donors (Lipinski definition) is 0. The molecule has 6 heteroatoms. The number of carbonyl (C=O) groups excluding carboxylic acids is 1. The number of nitriles is 1. The Morgan fingerprint density at radius 3 is 2.31 bits per heavy atom. The first-order chi connectivity index (χ1) is 12.4. The molecule has 4 nitrogen and oxygen atoms in total. The fourth-order valence-electron chi connectivity index (χ4n) is 3.22. The normalized spacial score (nSPS) is 15.6. The van der Waals surface area contributed by atoms with Crippen LogP contribution >= 0.6 is 11.6 Å². The van der Waals surface area contributed by atoms with Gasteiger partial charge in [-0.1, -0.05) is 29.8 Å². The first-order valence-electron chi connectivity index (χ1n) is 8.43. The van der Waals surface area contributed by atoms with Crippen molar-refractivity contribution in [2.75, 3.05) is 5.75 Å². The molecule has 3 rings (SSSR count). The van der Waals surface area contributed by atoms with E-state index < -0.39 is 9.84 Å². The van der Waals surface area contributed by atoms with E-state index in [1.165, 1.54) is 6.07 Å². The summed E-state index contributed by atoms with van der Waals surface area (Å²) in [7, 11) is -3.45. The van der Waals surface area contributed by atoms with E-state index in [4.69, 9.17) is 16.9 Å². The molecule has 1 aliphatic carbocycles. The van der Waals surface area contributed by atoms with Crippen molar-refractivity contribution < 1.29 is 13.2 Å². The van der Waals surface area contributed by atoms with Crippen LogP contribution in [0.25, 0.3) is 11.1 Å². The molecular weight excluding hydrogens is 370 g/mol. The Morgan fingerprint density at radius 2 is 1.73 bits per heavy atom. The van der Waals surface area contributed by atoms with Crippen molar-refractivity contribution in [3.63, 3.8) is 0 Å². The molecule has 134 valence electrons. The van der Waals surface area contributed by atoms with E-state index in [1.807, 2.05) is 0 Å². The second-order valence-electron chi connectivity index (χ2n) is 6.59. The minimum atomic E-state index is -3.45. The van der Waals surface area contributed by atoms with Gasteiger partial charge in [-0.05, 0) is 48.6 Å². The minimum Gasteiger partial charge on any atom is -0.300 e. The molecule has 0 saturated heterocycles. The molecule has 0 amide bonds. The largest absolute Gasteiger partial charge is 0.300 e. The van der Waals surface area contributed by atoms with Gasteiger partial charge in [0.15, 0.2) is 9.84 Å². The molecule has 0 bridgehead atoms. The molecule has 1 saturated carbocycles. The van der Waals surface area contributed by atoms with Gasteiger partial charge in [-0.15, -0.1) is 0 Å². The second-order valence-corrected chi connectivity index (χ2v) is 9.04. The molecule has 1 aliphatic rings. The Morgan fingerprint density at radius 1 is 1.08 bits per heavy atom. The van der Waals surface area contributed by atoms with Crippen LogP contribution in [0.4, 0.5) is 0 Å². The van der Waals surface area contributed by atoms with Crippen LogP contribution in [-0.2, 0) is 14.6 Å². The zero-order valence-corrected chi connectivity index (χ0v) is 15.7. The highest BCUT2D eigenvalue weighted by Crippen LogP contribution is 2.32. The number of Topliss-reactive ketones (excluding diaryl/α,β-unsaturated/α-hetero) is 1. The van der Waals surface area contributed by atoms with Crippen LogP contribution < -0.4 is 0 Å². The maximum absolute atomic E-state index is 12.7. The molecule has 0 N–H and O–H groups in total. The van der Waals surface area contributed by atoms with Crippen molar-refractivity contribution in [2.24, 2.45) is 5.92 Å². The Labute approximate surface area is 158 Å². The lowest BCUT2D eigenvalue weighted by Crippen LogP contribution is -2.22. The molecule has 0 radical (unpaired) electrons. The number of carbonyl (C=O) groups is 1. The number of sulfone groups is 1. The summed E-state index contributed by atoms with van der Waals surface area (Å²) in [6.07, 6.45) is 2.21. The topological polar surface area (TPSA) is 75.0 Å². The van der Waals surface area contributed by atoms with Gasteiger partial charge in [0.2, 0.25) is 0 Å². The Bertz CT molecular complexity index is 965. The molecular formula is C20H18ClNO3S. The van der Waals surface area contributed by atoms with Gasteiger partial charge >= 0.3 is 0 Å². The number of nitrogens with zero attached hydrogens (tertiary/aromatic N) is 1. The molecule has 0 spiro atoms. The summed E-state index contributed by atoms with van der Waals surface area (Å²) >= 11 is 6.33. The van der Waals surface area contributed by atoms with E-state index in [9.17, 15) is 13.2 Å². The number of rotatable bonds is 4. The van der Waals surface area contributed by atoms with Crippen molar-refractivity contribution >= 4 is 27.2 Å². The molecule has 1 fully saturated rings. The van der Waals surface area contributed by atoms with Crippen molar-refractivity contribution in [3.8, 4) is 17.2 Å². The zero-order chi connectivity index (χ0) is 18.7. The highest BCUT2D eigenvalue weighted by Gasteiger charge is 2.26. The molecule has 2 aromatic rings. The van der Waals surface area contributed by atoms with Gasteiger partial charge in [-0.3, -0.25) is 4.79 Å². The summed E-state index contributed by atoms with van der Waals surface area (Å²) in [5.74, 6) is 0.287. The number of halogens is 1. The van der Waals surface area contributed by atoms with Crippen molar-refractivity contribution in [3.05, 3.63) is 53.1 Å². The smallest absolute Gasteiger partial charge is 0.178 e. The van der Waals surface area contributed by atoms with Crippen LogP contribution in [0.5, 0.6) is 0 Å². The SMILES string of the molecule is N#Cc1ccc(-c2ccc(S(=O)(=O)CC3CCC(=O)CC3)cc2Cl)cc1. The van der Waals surface area contributed by atoms with Crippen LogP contribution in [0.3, 0.4) is 0 Å². The van der Waals surface area contributed by atoms with Crippen molar-refractivity contribution in [1.82, 2.24) is 0 Å². The fourth-order valence-corrected chi connectivity index (χ4v) is 5.29. The van der Waals surface area contributed by atoms with Gasteiger partial charge in [0.05, 0.1) is 22.3 Å². The lowest BCUT2D eigenvalue weighted by atomic mass is 9.90. The first-order valence-corrected chi connectivity index (χ1v) is 10.5. The van der Waals surface area contributed by atoms with Gasteiger partial charge in [0.25, 0.3) is 0 Å². The standard InChI is InChI=1S/C20H18ClNO3S/c21-20-11-18(26(24,25)13-15-3-7-17(23)8-4-15)9-10-19(20)16-5-1-14(12-22)2-6-16/h1-2,5-6,9-11,15H,3-4,7-8,13H2. The highest BCUT2D eigenvalue weighted by atomic mass is 35.5. The summed E-state index contributed by atoms with van der Waals surface area (Å²) in [4.78, 5) is 11.5. The molecule has 26 heavy (non-hydrogen) atoms. The lowest BCUT2D eigenvalue weighted by Gasteiger charge is -2.20. The van der Waals surface area contributed by atoms with Crippen molar-refractivity contribution in [1.29, 1.82) is 5.26 Å². The van der Waals surface area contributed by atoms with E-state index in [-0.39, 0.29) is 22.3 Å². The molecule has 2 aromatic carbocycles. The van der Waals surface area contributed by atoms with Crippen LogP contribution in [0.1, 0.15) is 31.2 Å².